The Morgan fingerprint density at radius 2 is 1.64 bits per heavy atom. The van der Waals surface area contributed by atoms with Crippen molar-refractivity contribution in [1.82, 2.24) is 0 Å². The van der Waals surface area contributed by atoms with Crippen molar-refractivity contribution in [3.63, 3.8) is 0 Å². The molecule has 0 saturated carbocycles. The Bertz CT molecular complexity index is 795. The highest BCUT2D eigenvalue weighted by molar-refractivity contribution is 8.00. The smallest absolute Gasteiger partial charge is 0.304 e. The predicted octanol–water partition coefficient (Wildman–Crippen LogP) is 5.52. The molecule has 0 amide bonds. The minimum atomic E-state index is -4.91. The molecule has 0 unspecified atom stereocenters. The fraction of sp³-hybridized carbons (Fsp3) is 0.625. The second-order valence-electron chi connectivity index (χ2n) is 6.18. The second-order valence-corrected chi connectivity index (χ2v) is 10.9. The third-order valence-electron chi connectivity index (χ3n) is 2.94. The summed E-state index contributed by atoms with van der Waals surface area (Å²) in [5, 5.41) is 0. The van der Waals surface area contributed by atoms with Crippen molar-refractivity contribution >= 4 is 29.5 Å². The van der Waals surface area contributed by atoms with Crippen LogP contribution in [0.1, 0.15) is 40.2 Å². The summed E-state index contributed by atoms with van der Waals surface area (Å²) in [6.07, 6.45) is -7.11. The first-order valence-corrected chi connectivity index (χ1v) is 12.5. The van der Waals surface area contributed by atoms with Gasteiger partial charge in [0.15, 0.2) is 6.35 Å². The van der Waals surface area contributed by atoms with E-state index >= 15 is 0 Å². The maximum atomic E-state index is 13.4. The van der Waals surface area contributed by atoms with Crippen molar-refractivity contribution < 1.29 is 39.4 Å². The van der Waals surface area contributed by atoms with Crippen LogP contribution < -0.4 is 0 Å². The van der Waals surface area contributed by atoms with Gasteiger partial charge >= 0.3 is 13.8 Å². The van der Waals surface area contributed by atoms with E-state index in [1.165, 1.54) is 6.07 Å². The molecule has 0 saturated heterocycles. The molecule has 12 heteroatoms. The number of hydrogen-bond acceptors (Lipinski definition) is 7. The van der Waals surface area contributed by atoms with E-state index in [4.69, 9.17) is 13.2 Å². The molecule has 162 valence electrons. The largest absolute Gasteiger partial charge is 0.417 e. The van der Waals surface area contributed by atoms with Gasteiger partial charge in [0.1, 0.15) is 4.90 Å². The standard InChI is InChI=1S/C16H24F3O6PS2/c1-6-27-14-9-7-8-13(16(17,18)19)15(14)28(21,22)23-10-26(20,24-11(2)3)25-12(4)5/h7-9,11-12H,6,10H2,1-5H3. The minimum absolute atomic E-state index is 0.110. The molecule has 28 heavy (non-hydrogen) atoms. The van der Waals surface area contributed by atoms with Gasteiger partial charge in [-0.15, -0.1) is 11.8 Å². The zero-order chi connectivity index (χ0) is 21.8. The number of rotatable bonds is 10. The summed E-state index contributed by atoms with van der Waals surface area (Å²) >= 11 is 0.923. The van der Waals surface area contributed by atoms with Gasteiger partial charge in [0.25, 0.3) is 10.1 Å². The molecular formula is C16H24F3O6PS2. The summed E-state index contributed by atoms with van der Waals surface area (Å²) in [7, 11) is -8.93. The third-order valence-corrected chi connectivity index (χ3v) is 7.49. The Hall–Kier alpha value is -0.580. The lowest BCUT2D eigenvalue weighted by atomic mass is 10.2. The summed E-state index contributed by atoms with van der Waals surface area (Å²) in [5.41, 5.74) is -1.35. The predicted molar refractivity (Wildman–Crippen MR) is 101 cm³/mol. The molecule has 0 atom stereocenters. The monoisotopic (exact) mass is 464 g/mol. The van der Waals surface area contributed by atoms with E-state index in [9.17, 15) is 26.2 Å². The van der Waals surface area contributed by atoms with Crippen LogP contribution in [0.2, 0.25) is 0 Å². The van der Waals surface area contributed by atoms with Gasteiger partial charge in [0, 0.05) is 4.90 Å². The summed E-state index contributed by atoms with van der Waals surface area (Å²) in [6, 6.07) is 3.04. The Morgan fingerprint density at radius 1 is 1.11 bits per heavy atom. The lowest BCUT2D eigenvalue weighted by Gasteiger charge is -2.23. The van der Waals surface area contributed by atoms with Gasteiger partial charge in [-0.2, -0.15) is 21.6 Å². The van der Waals surface area contributed by atoms with Crippen LogP contribution in [0.5, 0.6) is 0 Å². The van der Waals surface area contributed by atoms with E-state index in [1.807, 2.05) is 0 Å². The van der Waals surface area contributed by atoms with Gasteiger partial charge in [-0.3, -0.25) is 8.75 Å². The molecular weight excluding hydrogens is 440 g/mol. The molecule has 0 aliphatic carbocycles. The van der Waals surface area contributed by atoms with E-state index in [2.05, 4.69) is 0 Å². The fourth-order valence-electron chi connectivity index (χ4n) is 2.19. The van der Waals surface area contributed by atoms with E-state index < -0.39 is 52.9 Å². The average molecular weight is 464 g/mol. The van der Waals surface area contributed by atoms with Gasteiger partial charge in [0.05, 0.1) is 17.8 Å². The van der Waals surface area contributed by atoms with Crippen LogP contribution in [0.3, 0.4) is 0 Å². The van der Waals surface area contributed by atoms with Crippen molar-refractivity contribution in [2.45, 2.75) is 62.8 Å². The molecule has 1 rings (SSSR count). The Labute approximate surface area is 167 Å². The van der Waals surface area contributed by atoms with Gasteiger partial charge in [-0.05, 0) is 45.6 Å². The van der Waals surface area contributed by atoms with Crippen LogP contribution in [0.25, 0.3) is 0 Å². The van der Waals surface area contributed by atoms with Crippen molar-refractivity contribution in [1.29, 1.82) is 0 Å². The molecule has 0 heterocycles. The number of hydrogen-bond donors (Lipinski definition) is 0. The summed E-state index contributed by atoms with van der Waals surface area (Å²) in [6.45, 7) is 7.89. The van der Waals surface area contributed by atoms with E-state index in [0.29, 0.717) is 11.8 Å². The molecule has 6 nitrogen and oxygen atoms in total. The Morgan fingerprint density at radius 3 is 2.07 bits per heavy atom. The normalized spacial score (nSPS) is 13.5. The number of thioether (sulfide) groups is 1. The minimum Gasteiger partial charge on any atom is -0.304 e. The first-order chi connectivity index (χ1) is 12.7. The van der Waals surface area contributed by atoms with Crippen LogP contribution in [0, 0.1) is 0 Å². The lowest BCUT2D eigenvalue weighted by molar-refractivity contribution is -0.140. The number of benzene rings is 1. The molecule has 0 fully saturated rings. The zero-order valence-electron chi connectivity index (χ0n) is 16.1. The highest BCUT2D eigenvalue weighted by atomic mass is 32.2. The highest BCUT2D eigenvalue weighted by Crippen LogP contribution is 2.51. The molecule has 0 bridgehead atoms. The van der Waals surface area contributed by atoms with Gasteiger partial charge < -0.3 is 9.05 Å². The van der Waals surface area contributed by atoms with Crippen molar-refractivity contribution in [2.75, 3.05) is 12.1 Å². The number of alkyl halides is 3. The summed E-state index contributed by atoms with van der Waals surface area (Å²) < 4.78 is 93.3. The van der Waals surface area contributed by atoms with Crippen molar-refractivity contribution in [3.05, 3.63) is 23.8 Å². The van der Waals surface area contributed by atoms with Crippen LogP contribution in [0.15, 0.2) is 28.0 Å². The quantitative estimate of drug-likeness (QED) is 0.256. The van der Waals surface area contributed by atoms with Crippen LogP contribution in [0.4, 0.5) is 13.2 Å². The first kappa shape index (κ1) is 25.5. The molecule has 1 aromatic rings. The van der Waals surface area contributed by atoms with Gasteiger partial charge in [-0.1, -0.05) is 13.0 Å². The lowest BCUT2D eigenvalue weighted by Crippen LogP contribution is -2.19. The molecule has 1 aromatic carbocycles. The van der Waals surface area contributed by atoms with E-state index in [0.717, 1.165) is 17.8 Å². The summed E-state index contributed by atoms with van der Waals surface area (Å²) in [4.78, 5) is -1.11. The van der Waals surface area contributed by atoms with Crippen LogP contribution in [-0.2, 0) is 34.1 Å². The SMILES string of the molecule is CCSc1cccc(C(F)(F)F)c1S(=O)(=O)OCP(=O)(OC(C)C)OC(C)C. The van der Waals surface area contributed by atoms with Crippen LogP contribution >= 0.6 is 19.4 Å². The Kier molecular flexibility index (Phi) is 9.05. The fourth-order valence-corrected chi connectivity index (χ4v) is 6.81. The summed E-state index contributed by atoms with van der Waals surface area (Å²) in [5.74, 6) is 0.343. The molecule has 0 radical (unpaired) electrons. The van der Waals surface area contributed by atoms with Crippen molar-refractivity contribution in [2.24, 2.45) is 0 Å². The first-order valence-electron chi connectivity index (χ1n) is 8.40. The molecule has 0 N–H and O–H groups in total. The van der Waals surface area contributed by atoms with E-state index in [-0.39, 0.29) is 4.90 Å². The second kappa shape index (κ2) is 9.95. The van der Waals surface area contributed by atoms with Crippen molar-refractivity contribution in [3.8, 4) is 0 Å². The molecule has 0 aliphatic rings. The topological polar surface area (TPSA) is 78.9 Å². The maximum absolute atomic E-state index is 13.4. The van der Waals surface area contributed by atoms with E-state index in [1.54, 1.807) is 34.6 Å². The highest BCUT2D eigenvalue weighted by Gasteiger charge is 2.40. The average Bonchev–Trinajstić information content (AvgIpc) is 2.51. The van der Waals surface area contributed by atoms with Gasteiger partial charge in [0.2, 0.25) is 0 Å². The van der Waals surface area contributed by atoms with Gasteiger partial charge in [-0.25, -0.2) is 0 Å². The maximum Gasteiger partial charge on any atom is 0.417 e. The van der Waals surface area contributed by atoms with Crippen LogP contribution in [-0.4, -0.2) is 32.7 Å². The molecule has 0 aliphatic heterocycles. The number of halogens is 3. The zero-order valence-corrected chi connectivity index (χ0v) is 18.7. The Balaban J connectivity index is 3.34. The molecule has 0 aromatic heterocycles. The third kappa shape index (κ3) is 7.35. The molecule has 0 spiro atoms.